The van der Waals surface area contributed by atoms with Gasteiger partial charge in [0, 0.05) is 62.1 Å². The summed E-state index contributed by atoms with van der Waals surface area (Å²) in [4.78, 5) is 2.61. The van der Waals surface area contributed by atoms with E-state index in [-0.39, 0.29) is 18.8 Å². The minimum atomic E-state index is 0.204. The van der Waals surface area contributed by atoms with E-state index in [1.54, 1.807) is 0 Å². The number of benzene rings is 4. The first kappa shape index (κ1) is 26.2. The van der Waals surface area contributed by atoms with Crippen molar-refractivity contribution < 1.29 is 0 Å². The summed E-state index contributed by atoms with van der Waals surface area (Å²) in [5.41, 5.74) is 12.6. The third-order valence-corrected chi connectivity index (χ3v) is 12.2. The van der Waals surface area contributed by atoms with E-state index in [0.717, 1.165) is 19.3 Å². The number of nitrogens with zero attached hydrogens (tertiary/aromatic N) is 3. The first-order valence-corrected chi connectivity index (χ1v) is 17.9. The molecule has 0 fully saturated rings. The van der Waals surface area contributed by atoms with Crippen LogP contribution in [0.1, 0.15) is 25.3 Å². The van der Waals surface area contributed by atoms with Crippen LogP contribution in [-0.4, -0.2) is 32.0 Å². The fraction of sp³-hybridized carbons (Fsp3) is 0.143. The van der Waals surface area contributed by atoms with Crippen LogP contribution >= 0.6 is 11.8 Å². The van der Waals surface area contributed by atoms with Crippen molar-refractivity contribution in [2.75, 3.05) is 0 Å². The number of aromatic nitrogens is 2. The molecule has 5 heteroatoms. The number of hydrogen-bond donors (Lipinski definition) is 0. The van der Waals surface area contributed by atoms with Crippen molar-refractivity contribution in [1.82, 2.24) is 14.0 Å². The lowest BCUT2D eigenvalue weighted by Gasteiger charge is -2.44. The van der Waals surface area contributed by atoms with Gasteiger partial charge in [0.15, 0.2) is 0 Å². The maximum absolute atomic E-state index is 2.71. The van der Waals surface area contributed by atoms with Crippen LogP contribution in [0.4, 0.5) is 0 Å². The van der Waals surface area contributed by atoms with E-state index in [4.69, 9.17) is 0 Å². The van der Waals surface area contributed by atoms with Crippen molar-refractivity contribution in [3.05, 3.63) is 150 Å². The highest BCUT2D eigenvalue weighted by Gasteiger charge is 2.46. The molecule has 2 aromatic heterocycles. The molecule has 3 atom stereocenters. The number of allylic oxidation sites excluding steroid dienone is 8. The van der Waals surface area contributed by atoms with Gasteiger partial charge in [-0.1, -0.05) is 109 Å². The van der Waals surface area contributed by atoms with Crippen LogP contribution in [-0.2, 0) is 0 Å². The summed E-state index contributed by atoms with van der Waals surface area (Å²) in [6.07, 6.45) is 22.0. The predicted molar refractivity (Wildman–Crippen MR) is 202 cm³/mol. The van der Waals surface area contributed by atoms with Crippen molar-refractivity contribution in [3.8, 4) is 0 Å². The Bertz CT molecular complexity index is 2520. The highest BCUT2D eigenvalue weighted by atomic mass is 32.2. The molecule has 0 radical (unpaired) electrons. The second-order valence-electron chi connectivity index (χ2n) is 13.5. The molecule has 0 bridgehead atoms. The fourth-order valence-electron chi connectivity index (χ4n) is 9.32. The van der Waals surface area contributed by atoms with E-state index in [2.05, 4.69) is 153 Å². The van der Waals surface area contributed by atoms with Crippen molar-refractivity contribution in [3.63, 3.8) is 0 Å². The zero-order chi connectivity index (χ0) is 30.6. The SMILES string of the molecule is C1=CC2S/C=C/CC/C=C/N(C3=CC4=C5B(c6cccc7c8ccccc8n4c67)c4cccc6c7ccccc7n(c46)C5C3)C2C=C1. The molecule has 11 rings (SSSR count). The highest BCUT2D eigenvalue weighted by molar-refractivity contribution is 8.02. The third kappa shape index (κ3) is 3.50. The summed E-state index contributed by atoms with van der Waals surface area (Å²) >= 11 is 1.95. The third-order valence-electron chi connectivity index (χ3n) is 11.1. The average Bonchev–Trinajstić information content (AvgIpc) is 3.65. The fourth-order valence-corrected chi connectivity index (χ4v) is 10.3. The molecule has 0 saturated heterocycles. The molecular formula is C42H32BN3S. The number of para-hydroxylation sites is 4. The lowest BCUT2D eigenvalue weighted by molar-refractivity contribution is 0.367. The van der Waals surface area contributed by atoms with Crippen molar-refractivity contribution in [2.24, 2.45) is 0 Å². The molecule has 224 valence electrons. The lowest BCUT2D eigenvalue weighted by atomic mass is 9.32. The average molecular weight is 622 g/mol. The van der Waals surface area contributed by atoms with Gasteiger partial charge in [-0.2, -0.15) is 0 Å². The molecule has 0 amide bonds. The molecule has 0 N–H and O–H groups in total. The van der Waals surface area contributed by atoms with Crippen LogP contribution < -0.4 is 10.9 Å². The van der Waals surface area contributed by atoms with Crippen molar-refractivity contribution in [2.45, 2.75) is 36.6 Å². The van der Waals surface area contributed by atoms with Crippen LogP contribution in [0, 0.1) is 0 Å². The van der Waals surface area contributed by atoms with Gasteiger partial charge in [0.05, 0.1) is 22.9 Å². The summed E-state index contributed by atoms with van der Waals surface area (Å²) < 4.78 is 5.33. The van der Waals surface area contributed by atoms with E-state index in [1.807, 2.05) is 11.8 Å². The quantitative estimate of drug-likeness (QED) is 0.170. The first-order valence-electron chi connectivity index (χ1n) is 17.0. The minimum Gasteiger partial charge on any atom is -0.343 e. The van der Waals surface area contributed by atoms with Gasteiger partial charge in [-0.05, 0) is 52.9 Å². The van der Waals surface area contributed by atoms with Crippen LogP contribution in [0.3, 0.4) is 0 Å². The number of rotatable bonds is 1. The molecule has 0 spiro atoms. The maximum atomic E-state index is 2.71. The highest BCUT2D eigenvalue weighted by Crippen LogP contribution is 2.49. The van der Waals surface area contributed by atoms with E-state index in [9.17, 15) is 0 Å². The Morgan fingerprint density at radius 1 is 0.681 bits per heavy atom. The zero-order valence-corrected chi connectivity index (χ0v) is 26.8. The Kier molecular flexibility index (Phi) is 5.48. The maximum Gasteiger partial charge on any atom is 0.247 e. The van der Waals surface area contributed by atoms with Gasteiger partial charge in [0.1, 0.15) is 0 Å². The largest absolute Gasteiger partial charge is 0.343 e. The van der Waals surface area contributed by atoms with E-state index >= 15 is 0 Å². The molecule has 5 aliphatic rings. The molecule has 4 aromatic carbocycles. The van der Waals surface area contributed by atoms with E-state index in [1.165, 1.54) is 71.4 Å². The van der Waals surface area contributed by atoms with E-state index in [0.29, 0.717) is 5.25 Å². The molecule has 3 unspecified atom stereocenters. The summed E-state index contributed by atoms with van der Waals surface area (Å²) in [5, 5.41) is 8.07. The Morgan fingerprint density at radius 3 is 2.26 bits per heavy atom. The Morgan fingerprint density at radius 2 is 1.38 bits per heavy atom. The number of hydrogen-bond acceptors (Lipinski definition) is 2. The molecule has 3 nitrogen and oxygen atoms in total. The molecule has 6 aromatic rings. The van der Waals surface area contributed by atoms with Gasteiger partial charge in [-0.3, -0.25) is 0 Å². The molecule has 47 heavy (non-hydrogen) atoms. The van der Waals surface area contributed by atoms with E-state index < -0.39 is 0 Å². The molecule has 5 heterocycles. The normalized spacial score (nSPS) is 24.2. The minimum absolute atomic E-state index is 0.204. The Balaban J connectivity index is 1.25. The van der Waals surface area contributed by atoms with Gasteiger partial charge >= 0.3 is 0 Å². The standard InChI is InChI=1S/C42H32BN3S/c1-2-10-24-47-39-22-8-7-21-36(39)44(23-9-1)27-25-37-40-38(26-27)46-35-20-6-4-14-29(35)31-16-12-18-33(42(31)46)43(40)32-17-11-15-30-28-13-3-5-19-34(28)45(37)41(30)32/h3-25,36,38-39H,1-2,26H2/b23-9+,24-10+. The first-order chi connectivity index (χ1) is 23.4. The molecule has 3 aliphatic heterocycles. The van der Waals surface area contributed by atoms with Gasteiger partial charge in [-0.25, -0.2) is 0 Å². The Hall–Kier alpha value is -4.87. The summed E-state index contributed by atoms with van der Waals surface area (Å²) in [7, 11) is 0. The number of fused-ring (bicyclic) bond motifs is 11. The topological polar surface area (TPSA) is 13.1 Å². The van der Waals surface area contributed by atoms with Gasteiger partial charge < -0.3 is 14.0 Å². The monoisotopic (exact) mass is 621 g/mol. The molecular weight excluding hydrogens is 589 g/mol. The lowest BCUT2D eigenvalue weighted by Crippen LogP contribution is -2.54. The summed E-state index contributed by atoms with van der Waals surface area (Å²) in [6, 6.07) is 32.6. The van der Waals surface area contributed by atoms with Gasteiger partial charge in [0.2, 0.25) is 6.71 Å². The van der Waals surface area contributed by atoms with Crippen LogP contribution in [0.15, 0.2) is 150 Å². The second kappa shape index (κ2) is 9.82. The molecule has 2 aliphatic carbocycles. The van der Waals surface area contributed by atoms with Gasteiger partial charge in [-0.15, -0.1) is 11.8 Å². The van der Waals surface area contributed by atoms with Crippen molar-refractivity contribution in [1.29, 1.82) is 0 Å². The smallest absolute Gasteiger partial charge is 0.247 e. The van der Waals surface area contributed by atoms with Crippen LogP contribution in [0.25, 0.3) is 49.3 Å². The summed E-state index contributed by atoms with van der Waals surface area (Å²) in [6.45, 7) is 0.217. The van der Waals surface area contributed by atoms with Gasteiger partial charge in [0.25, 0.3) is 0 Å². The zero-order valence-electron chi connectivity index (χ0n) is 26.0. The number of thioether (sulfide) groups is 1. The predicted octanol–water partition coefficient (Wildman–Crippen LogP) is 8.84. The van der Waals surface area contributed by atoms with Crippen molar-refractivity contribution >= 4 is 78.7 Å². The van der Waals surface area contributed by atoms with Crippen LogP contribution in [0.5, 0.6) is 0 Å². The van der Waals surface area contributed by atoms with Crippen LogP contribution in [0.2, 0.25) is 0 Å². The Labute approximate surface area is 278 Å². The molecule has 0 saturated carbocycles. The summed E-state index contributed by atoms with van der Waals surface area (Å²) in [5.74, 6) is 0. The second-order valence-corrected chi connectivity index (χ2v) is 14.5.